The normalized spacial score (nSPS) is 20.6. The summed E-state index contributed by atoms with van der Waals surface area (Å²) in [5.41, 5.74) is 2.20. The van der Waals surface area contributed by atoms with Crippen molar-refractivity contribution in [1.82, 2.24) is 0 Å². The Morgan fingerprint density at radius 2 is 2.38 bits per heavy atom. The summed E-state index contributed by atoms with van der Waals surface area (Å²) >= 11 is 0. The molecule has 0 aromatic heterocycles. The van der Waals surface area contributed by atoms with E-state index in [4.69, 9.17) is 9.84 Å². The largest absolute Gasteiger partial charge is 0.490 e. The second-order valence-corrected chi connectivity index (χ2v) is 3.57. The van der Waals surface area contributed by atoms with E-state index in [0.717, 1.165) is 24.2 Å². The molecule has 0 bridgehead atoms. The van der Waals surface area contributed by atoms with E-state index in [-0.39, 0.29) is 6.61 Å². The molecule has 13 heavy (non-hydrogen) atoms. The number of benzene rings is 1. The standard InChI is InChI=1S/C11H14O2/c1-8-2-4-10-6-9(7-12)3-5-11(10)13-8/h3,5-6,8,12H,2,4,7H2,1H3. The molecule has 0 amide bonds. The van der Waals surface area contributed by atoms with Crippen molar-refractivity contribution in [1.29, 1.82) is 0 Å². The van der Waals surface area contributed by atoms with Crippen LogP contribution in [-0.4, -0.2) is 11.2 Å². The Bertz CT molecular complexity index is 307. The molecular formula is C11H14O2. The number of fused-ring (bicyclic) bond motifs is 1. The second kappa shape index (κ2) is 3.38. The summed E-state index contributed by atoms with van der Waals surface area (Å²) in [4.78, 5) is 0. The average Bonchev–Trinajstić information content (AvgIpc) is 2.17. The van der Waals surface area contributed by atoms with Crippen molar-refractivity contribution in [2.24, 2.45) is 0 Å². The lowest BCUT2D eigenvalue weighted by Crippen LogP contribution is -2.18. The van der Waals surface area contributed by atoms with Gasteiger partial charge in [0.15, 0.2) is 0 Å². The summed E-state index contributed by atoms with van der Waals surface area (Å²) in [7, 11) is 0. The van der Waals surface area contributed by atoms with Crippen LogP contribution in [0.15, 0.2) is 18.2 Å². The molecule has 1 aromatic carbocycles. The van der Waals surface area contributed by atoms with Crippen molar-refractivity contribution in [3.05, 3.63) is 29.3 Å². The molecule has 70 valence electrons. The van der Waals surface area contributed by atoms with Gasteiger partial charge in [0.2, 0.25) is 0 Å². The maximum atomic E-state index is 8.95. The minimum absolute atomic E-state index is 0.114. The van der Waals surface area contributed by atoms with Crippen LogP contribution in [0.1, 0.15) is 24.5 Å². The predicted octanol–water partition coefficient (Wildman–Crippen LogP) is 1.89. The van der Waals surface area contributed by atoms with Gasteiger partial charge in [-0.05, 0) is 43.0 Å². The number of aliphatic hydroxyl groups is 1. The molecule has 0 saturated carbocycles. The lowest BCUT2D eigenvalue weighted by molar-refractivity contribution is 0.192. The maximum Gasteiger partial charge on any atom is 0.122 e. The quantitative estimate of drug-likeness (QED) is 0.711. The smallest absolute Gasteiger partial charge is 0.122 e. The molecule has 1 unspecified atom stereocenters. The first kappa shape index (κ1) is 8.57. The topological polar surface area (TPSA) is 29.5 Å². The first-order chi connectivity index (χ1) is 6.29. The van der Waals surface area contributed by atoms with Gasteiger partial charge in [-0.3, -0.25) is 0 Å². The van der Waals surface area contributed by atoms with Gasteiger partial charge >= 0.3 is 0 Å². The van der Waals surface area contributed by atoms with Crippen LogP contribution in [0.3, 0.4) is 0 Å². The van der Waals surface area contributed by atoms with Gasteiger partial charge in [0, 0.05) is 0 Å². The predicted molar refractivity (Wildman–Crippen MR) is 50.8 cm³/mol. The lowest BCUT2D eigenvalue weighted by Gasteiger charge is -2.23. The van der Waals surface area contributed by atoms with Gasteiger partial charge in [-0.1, -0.05) is 6.07 Å². The highest BCUT2D eigenvalue weighted by Crippen LogP contribution is 2.28. The summed E-state index contributed by atoms with van der Waals surface area (Å²) in [5, 5.41) is 8.95. The molecule has 0 saturated heterocycles. The van der Waals surface area contributed by atoms with E-state index in [1.165, 1.54) is 5.56 Å². The van der Waals surface area contributed by atoms with Crippen LogP contribution in [0.25, 0.3) is 0 Å². The van der Waals surface area contributed by atoms with Crippen LogP contribution in [0, 0.1) is 0 Å². The summed E-state index contributed by atoms with van der Waals surface area (Å²) in [6.07, 6.45) is 2.46. The van der Waals surface area contributed by atoms with Gasteiger partial charge in [-0.25, -0.2) is 0 Å². The summed E-state index contributed by atoms with van der Waals surface area (Å²) in [6.45, 7) is 2.20. The molecule has 2 nitrogen and oxygen atoms in total. The molecule has 1 N–H and O–H groups in total. The van der Waals surface area contributed by atoms with Gasteiger partial charge in [0.25, 0.3) is 0 Å². The molecule has 0 radical (unpaired) electrons. The highest BCUT2D eigenvalue weighted by molar-refractivity contribution is 5.38. The fraction of sp³-hybridized carbons (Fsp3) is 0.455. The SMILES string of the molecule is CC1CCc2cc(CO)ccc2O1. The molecule has 1 aromatic rings. The molecule has 0 aliphatic carbocycles. The molecule has 1 aliphatic rings. The molecule has 1 heterocycles. The van der Waals surface area contributed by atoms with Crippen molar-refractivity contribution in [3.63, 3.8) is 0 Å². The number of rotatable bonds is 1. The van der Waals surface area contributed by atoms with Crippen molar-refractivity contribution in [2.45, 2.75) is 32.5 Å². The zero-order valence-corrected chi connectivity index (χ0v) is 7.79. The molecule has 2 rings (SSSR count). The van der Waals surface area contributed by atoms with Gasteiger partial charge in [-0.2, -0.15) is 0 Å². The van der Waals surface area contributed by atoms with Crippen molar-refractivity contribution in [3.8, 4) is 5.75 Å². The van der Waals surface area contributed by atoms with Gasteiger partial charge < -0.3 is 9.84 Å². The van der Waals surface area contributed by atoms with E-state index in [2.05, 4.69) is 6.92 Å². The maximum absolute atomic E-state index is 8.95. The van der Waals surface area contributed by atoms with Crippen molar-refractivity contribution in [2.75, 3.05) is 0 Å². The Morgan fingerprint density at radius 1 is 1.54 bits per heavy atom. The molecular weight excluding hydrogens is 164 g/mol. The third-order valence-electron chi connectivity index (χ3n) is 2.46. The first-order valence-corrected chi connectivity index (χ1v) is 4.69. The average molecular weight is 178 g/mol. The molecule has 2 heteroatoms. The molecule has 0 fully saturated rings. The van der Waals surface area contributed by atoms with E-state index in [0.29, 0.717) is 6.10 Å². The number of aryl methyl sites for hydroxylation is 1. The highest BCUT2D eigenvalue weighted by Gasteiger charge is 2.15. The lowest BCUT2D eigenvalue weighted by atomic mass is 10.0. The van der Waals surface area contributed by atoms with Crippen LogP contribution in [0.2, 0.25) is 0 Å². The zero-order valence-electron chi connectivity index (χ0n) is 7.79. The highest BCUT2D eigenvalue weighted by atomic mass is 16.5. The Labute approximate surface area is 78.2 Å². The monoisotopic (exact) mass is 178 g/mol. The number of ether oxygens (including phenoxy) is 1. The van der Waals surface area contributed by atoms with Crippen LogP contribution >= 0.6 is 0 Å². The van der Waals surface area contributed by atoms with E-state index in [1.807, 2.05) is 18.2 Å². The number of hydrogen-bond acceptors (Lipinski definition) is 2. The van der Waals surface area contributed by atoms with Crippen LogP contribution in [0.5, 0.6) is 5.75 Å². The van der Waals surface area contributed by atoms with Crippen LogP contribution < -0.4 is 4.74 Å². The summed E-state index contributed by atoms with van der Waals surface area (Å²) in [6, 6.07) is 5.90. The zero-order chi connectivity index (χ0) is 9.26. The van der Waals surface area contributed by atoms with Gasteiger partial charge in [0.05, 0.1) is 12.7 Å². The van der Waals surface area contributed by atoms with Crippen molar-refractivity contribution >= 4 is 0 Å². The van der Waals surface area contributed by atoms with Crippen LogP contribution in [0.4, 0.5) is 0 Å². The Hall–Kier alpha value is -1.02. The Morgan fingerprint density at radius 3 is 3.15 bits per heavy atom. The Kier molecular flexibility index (Phi) is 2.23. The van der Waals surface area contributed by atoms with E-state index in [1.54, 1.807) is 0 Å². The fourth-order valence-electron chi connectivity index (χ4n) is 1.68. The first-order valence-electron chi connectivity index (χ1n) is 4.69. The van der Waals surface area contributed by atoms with E-state index >= 15 is 0 Å². The Balaban J connectivity index is 2.31. The fourth-order valence-corrected chi connectivity index (χ4v) is 1.68. The minimum Gasteiger partial charge on any atom is -0.490 e. The van der Waals surface area contributed by atoms with Gasteiger partial charge in [-0.15, -0.1) is 0 Å². The third-order valence-corrected chi connectivity index (χ3v) is 2.46. The van der Waals surface area contributed by atoms with Crippen molar-refractivity contribution < 1.29 is 9.84 Å². The number of hydrogen-bond donors (Lipinski definition) is 1. The third kappa shape index (κ3) is 1.68. The minimum atomic E-state index is 0.114. The van der Waals surface area contributed by atoms with E-state index in [9.17, 15) is 0 Å². The van der Waals surface area contributed by atoms with Gasteiger partial charge in [0.1, 0.15) is 5.75 Å². The number of aliphatic hydroxyl groups excluding tert-OH is 1. The summed E-state index contributed by atoms with van der Waals surface area (Å²) < 4.78 is 5.65. The molecule has 1 aliphatic heterocycles. The summed E-state index contributed by atoms with van der Waals surface area (Å²) in [5.74, 6) is 0.982. The molecule has 0 spiro atoms. The second-order valence-electron chi connectivity index (χ2n) is 3.57. The molecule has 1 atom stereocenters. The van der Waals surface area contributed by atoms with E-state index < -0.39 is 0 Å². The van der Waals surface area contributed by atoms with Crippen LogP contribution in [-0.2, 0) is 13.0 Å².